The number of carbonyl (C=O) groups is 8. The van der Waals surface area contributed by atoms with E-state index < -0.39 is 85.1 Å². The maximum absolute atomic E-state index is 14.4. The molecule has 322 valence electrons. The Morgan fingerprint density at radius 1 is 0.817 bits per heavy atom. The molecule has 3 aromatic carbocycles. The number of amides is 8. The van der Waals surface area contributed by atoms with Crippen LogP contribution in [0.4, 0.5) is 0 Å². The van der Waals surface area contributed by atoms with Gasteiger partial charge in [0.25, 0.3) is 0 Å². The highest BCUT2D eigenvalue weighted by molar-refractivity contribution is 5.95. The summed E-state index contributed by atoms with van der Waals surface area (Å²) < 4.78 is 11.5. The van der Waals surface area contributed by atoms with Crippen molar-refractivity contribution in [3.05, 3.63) is 83.9 Å². The Morgan fingerprint density at radius 3 is 2.23 bits per heavy atom. The van der Waals surface area contributed by atoms with Crippen LogP contribution in [-0.2, 0) is 60.9 Å². The predicted molar refractivity (Wildman–Crippen MR) is 220 cm³/mol. The van der Waals surface area contributed by atoms with Crippen LogP contribution in [0.2, 0.25) is 0 Å². The third kappa shape index (κ3) is 16.5. The number of carbonyl (C=O) groups excluding carboxylic acids is 8. The van der Waals surface area contributed by atoms with Crippen LogP contribution in [0.1, 0.15) is 37.8 Å². The molecule has 1 saturated heterocycles. The molecule has 1 aliphatic rings. The Morgan fingerprint density at radius 2 is 1.48 bits per heavy atom. The first-order valence-electron chi connectivity index (χ1n) is 19.8. The van der Waals surface area contributed by atoms with Gasteiger partial charge in [-0.15, -0.1) is 0 Å². The number of hydrogen-bond acceptors (Lipinski definition) is 10. The van der Waals surface area contributed by atoms with Crippen molar-refractivity contribution in [1.82, 2.24) is 42.1 Å². The van der Waals surface area contributed by atoms with Crippen molar-refractivity contribution in [3.63, 3.8) is 0 Å². The van der Waals surface area contributed by atoms with Crippen molar-refractivity contribution in [2.45, 2.75) is 57.9 Å². The monoisotopic (exact) mass is 830 g/mol. The van der Waals surface area contributed by atoms with Crippen LogP contribution < -0.4 is 37.2 Å². The van der Waals surface area contributed by atoms with Crippen molar-refractivity contribution >= 4 is 58.0 Å². The van der Waals surface area contributed by atoms with Crippen LogP contribution in [0.5, 0.6) is 0 Å². The second kappa shape index (κ2) is 24.5. The van der Waals surface area contributed by atoms with E-state index in [4.69, 9.17) is 9.47 Å². The highest BCUT2D eigenvalue weighted by Crippen LogP contribution is 2.20. The Kier molecular flexibility index (Phi) is 18.9. The van der Waals surface area contributed by atoms with Gasteiger partial charge < -0.3 is 51.6 Å². The molecule has 4 rings (SSSR count). The smallest absolute Gasteiger partial charge is 0.245 e. The van der Waals surface area contributed by atoms with Crippen LogP contribution >= 0.6 is 0 Å². The van der Waals surface area contributed by atoms with E-state index >= 15 is 0 Å². The zero-order valence-electron chi connectivity index (χ0n) is 33.9. The lowest BCUT2D eigenvalue weighted by atomic mass is 9.98. The van der Waals surface area contributed by atoms with Gasteiger partial charge in [-0.3, -0.25) is 38.4 Å². The van der Waals surface area contributed by atoms with Crippen LogP contribution in [0.15, 0.2) is 72.8 Å². The number of hydrogen-bond donors (Lipinski definition) is 7. The minimum absolute atomic E-state index is 0.00645. The zero-order valence-corrected chi connectivity index (χ0v) is 33.9. The Hall–Kier alpha value is -6.40. The molecular formula is C42H54N8O10. The molecular weight excluding hydrogens is 777 g/mol. The second-order valence-electron chi connectivity index (χ2n) is 14.2. The van der Waals surface area contributed by atoms with Gasteiger partial charge in [-0.1, -0.05) is 72.8 Å². The molecule has 0 bridgehead atoms. The number of benzene rings is 3. The molecule has 1 aliphatic heterocycles. The Bertz CT molecular complexity index is 1960. The fraction of sp³-hybridized carbons (Fsp3) is 0.429. The summed E-state index contributed by atoms with van der Waals surface area (Å²) in [4.78, 5) is 106. The average Bonchev–Trinajstić information content (AvgIpc) is 3.23. The van der Waals surface area contributed by atoms with E-state index in [1.54, 1.807) is 6.92 Å². The summed E-state index contributed by atoms with van der Waals surface area (Å²) in [7, 11) is 0. The van der Waals surface area contributed by atoms with Crippen molar-refractivity contribution in [2.75, 3.05) is 59.0 Å². The molecule has 1 heterocycles. The van der Waals surface area contributed by atoms with Gasteiger partial charge >= 0.3 is 0 Å². The quantitative estimate of drug-likeness (QED) is 0.134. The standard InChI is InChI=1S/C42H54N8O10/c1-28(60-27-30-9-4-3-5-10-30)25-50-26-40(56)49-35(21-32-13-8-12-31-11-6-7-14-33(31)32)41(57)47-23-38(54)46-22-37(53)44-18-20-59-19-17-43-36(52)16-15-34(42(50)58)48-39(55)24-45-29(2)51/h3-14,28,34-35H,15-27H2,1-2H3,(H,43,52)(H,44,53)(H,45,51)(H,46,54)(H,47,57)(H,48,55)(H,49,56)/t28?,34-,35+/m0/s1. The highest BCUT2D eigenvalue weighted by atomic mass is 16.5. The summed E-state index contributed by atoms with van der Waals surface area (Å²) in [5, 5.41) is 19.7. The Balaban J connectivity index is 1.63. The summed E-state index contributed by atoms with van der Waals surface area (Å²) in [5.74, 6) is -4.91. The number of nitrogens with zero attached hydrogens (tertiary/aromatic N) is 1. The SMILES string of the molecule is CC(=O)NCC(=O)N[C@H]1CCC(=O)NCCOCCNC(=O)CNC(=O)CNC(=O)[C@@H](Cc2cccc3ccccc23)NC(=O)CN(CC(C)OCc2ccccc2)C1=O. The van der Waals surface area contributed by atoms with Crippen LogP contribution in [0.3, 0.4) is 0 Å². The van der Waals surface area contributed by atoms with Crippen molar-refractivity contribution in [1.29, 1.82) is 0 Å². The molecule has 7 N–H and O–H groups in total. The second-order valence-corrected chi connectivity index (χ2v) is 14.2. The van der Waals surface area contributed by atoms with Crippen LogP contribution in [-0.4, -0.2) is 129 Å². The normalized spacial score (nSPS) is 19.1. The van der Waals surface area contributed by atoms with Gasteiger partial charge in [-0.2, -0.15) is 0 Å². The van der Waals surface area contributed by atoms with E-state index in [9.17, 15) is 38.4 Å². The largest absolute Gasteiger partial charge is 0.378 e. The maximum Gasteiger partial charge on any atom is 0.245 e. The van der Waals surface area contributed by atoms with Gasteiger partial charge in [0.15, 0.2) is 0 Å². The number of nitrogens with one attached hydrogen (secondary N) is 7. The minimum atomic E-state index is -1.31. The van der Waals surface area contributed by atoms with Gasteiger partial charge in [0, 0.05) is 39.4 Å². The van der Waals surface area contributed by atoms with Gasteiger partial charge in [-0.25, -0.2) is 0 Å². The first-order chi connectivity index (χ1) is 28.9. The van der Waals surface area contributed by atoms with E-state index in [0.717, 1.165) is 21.9 Å². The fourth-order valence-electron chi connectivity index (χ4n) is 6.23. The van der Waals surface area contributed by atoms with Gasteiger partial charge in [0.05, 0.1) is 52.1 Å². The fourth-order valence-corrected chi connectivity index (χ4v) is 6.23. The van der Waals surface area contributed by atoms with Crippen LogP contribution in [0, 0.1) is 0 Å². The van der Waals surface area contributed by atoms with E-state index in [1.165, 1.54) is 11.8 Å². The zero-order chi connectivity index (χ0) is 43.3. The average molecular weight is 831 g/mol. The van der Waals surface area contributed by atoms with Crippen molar-refractivity contribution in [2.24, 2.45) is 0 Å². The summed E-state index contributed by atoms with van der Waals surface area (Å²) in [6, 6.07) is 19.8. The number of fused-ring (bicyclic) bond motifs is 1. The summed E-state index contributed by atoms with van der Waals surface area (Å²) in [6.45, 7) is 1.61. The molecule has 1 unspecified atom stereocenters. The molecule has 1 fully saturated rings. The first kappa shape index (κ1) is 46.3. The molecule has 18 heteroatoms. The first-order valence-corrected chi connectivity index (χ1v) is 19.8. The lowest BCUT2D eigenvalue weighted by molar-refractivity contribution is -0.142. The molecule has 0 radical (unpaired) electrons. The molecule has 3 aromatic rings. The van der Waals surface area contributed by atoms with E-state index in [1.807, 2.05) is 72.8 Å². The summed E-state index contributed by atoms with van der Waals surface area (Å²) >= 11 is 0. The molecule has 0 aliphatic carbocycles. The topological polar surface area (TPSA) is 242 Å². The van der Waals surface area contributed by atoms with Crippen LogP contribution in [0.25, 0.3) is 10.8 Å². The van der Waals surface area contributed by atoms with Crippen molar-refractivity contribution in [3.8, 4) is 0 Å². The lowest BCUT2D eigenvalue weighted by Crippen LogP contribution is -2.56. The van der Waals surface area contributed by atoms with Gasteiger partial charge in [-0.05, 0) is 35.2 Å². The Labute approximate surface area is 348 Å². The summed E-state index contributed by atoms with van der Waals surface area (Å²) in [5.41, 5.74) is 1.60. The number of ether oxygens (including phenoxy) is 2. The van der Waals surface area contributed by atoms with E-state index in [0.29, 0.717) is 0 Å². The highest BCUT2D eigenvalue weighted by Gasteiger charge is 2.31. The van der Waals surface area contributed by atoms with Gasteiger partial charge in [0.2, 0.25) is 47.3 Å². The third-order valence-corrected chi connectivity index (χ3v) is 9.25. The van der Waals surface area contributed by atoms with E-state index in [-0.39, 0.29) is 65.3 Å². The molecule has 8 amide bonds. The molecule has 60 heavy (non-hydrogen) atoms. The number of rotatable bonds is 10. The molecule has 0 aromatic heterocycles. The van der Waals surface area contributed by atoms with E-state index in [2.05, 4.69) is 37.2 Å². The maximum atomic E-state index is 14.4. The third-order valence-electron chi connectivity index (χ3n) is 9.25. The minimum Gasteiger partial charge on any atom is -0.378 e. The summed E-state index contributed by atoms with van der Waals surface area (Å²) in [6.07, 6.45) is -1.00. The lowest BCUT2D eigenvalue weighted by Gasteiger charge is -2.30. The molecule has 0 spiro atoms. The van der Waals surface area contributed by atoms with Gasteiger partial charge in [0.1, 0.15) is 12.1 Å². The predicted octanol–water partition coefficient (Wildman–Crippen LogP) is -0.803. The molecule has 0 saturated carbocycles. The van der Waals surface area contributed by atoms with Crippen molar-refractivity contribution < 1.29 is 47.8 Å². The molecule has 3 atom stereocenters. The molecule has 18 nitrogen and oxygen atoms in total.